The molecule has 0 atom stereocenters. The Labute approximate surface area is 106 Å². The highest BCUT2D eigenvalue weighted by Crippen LogP contribution is 2.27. The molecule has 0 fully saturated rings. The summed E-state index contributed by atoms with van der Waals surface area (Å²) in [6.45, 7) is 0. The molecular weight excluding hydrogens is 284 g/mol. The molecule has 0 saturated carbocycles. The normalized spacial score (nSPS) is 11.6. The lowest BCUT2D eigenvalue weighted by Gasteiger charge is -2.07. The number of sulfone groups is 1. The molecule has 19 heavy (non-hydrogen) atoms. The fourth-order valence-electron chi connectivity index (χ4n) is 1.50. The van der Waals surface area contributed by atoms with E-state index >= 15 is 0 Å². The van der Waals surface area contributed by atoms with Crippen LogP contribution in [0, 0.1) is 23.3 Å². The van der Waals surface area contributed by atoms with E-state index in [4.69, 9.17) is 0 Å². The molecule has 100 valence electrons. The average molecular weight is 290 g/mol. The SMILES string of the molecule is O=S(=O)(c1cccc(F)c1F)c1cccc(F)c1F. The van der Waals surface area contributed by atoms with E-state index < -0.39 is 42.9 Å². The van der Waals surface area contributed by atoms with Gasteiger partial charge in [-0.15, -0.1) is 0 Å². The minimum Gasteiger partial charge on any atom is -0.218 e. The van der Waals surface area contributed by atoms with Crippen LogP contribution in [0.25, 0.3) is 0 Å². The van der Waals surface area contributed by atoms with Gasteiger partial charge in [0.2, 0.25) is 9.84 Å². The predicted octanol–water partition coefficient (Wildman–Crippen LogP) is 3.08. The zero-order chi connectivity index (χ0) is 14.2. The van der Waals surface area contributed by atoms with Crippen LogP contribution in [0.4, 0.5) is 17.6 Å². The molecule has 0 aliphatic carbocycles. The number of hydrogen-bond donors (Lipinski definition) is 0. The Hall–Kier alpha value is -1.89. The van der Waals surface area contributed by atoms with Gasteiger partial charge in [-0.2, -0.15) is 0 Å². The van der Waals surface area contributed by atoms with Crippen molar-refractivity contribution in [1.29, 1.82) is 0 Å². The second-order valence-electron chi connectivity index (χ2n) is 3.61. The van der Waals surface area contributed by atoms with Crippen LogP contribution < -0.4 is 0 Å². The largest absolute Gasteiger partial charge is 0.218 e. The van der Waals surface area contributed by atoms with Gasteiger partial charge in [0.05, 0.1) is 0 Å². The Morgan fingerprint density at radius 3 is 1.42 bits per heavy atom. The Balaban J connectivity index is 2.73. The summed E-state index contributed by atoms with van der Waals surface area (Å²) in [7, 11) is -4.68. The van der Waals surface area contributed by atoms with Gasteiger partial charge in [0.15, 0.2) is 23.3 Å². The van der Waals surface area contributed by atoms with E-state index in [9.17, 15) is 26.0 Å². The number of rotatable bonds is 2. The van der Waals surface area contributed by atoms with Gasteiger partial charge in [0.1, 0.15) is 9.79 Å². The third-order valence-electron chi connectivity index (χ3n) is 2.41. The van der Waals surface area contributed by atoms with Crippen molar-refractivity contribution in [2.45, 2.75) is 9.79 Å². The molecule has 2 aromatic rings. The second kappa shape index (κ2) is 4.65. The highest BCUT2D eigenvalue weighted by molar-refractivity contribution is 7.91. The van der Waals surface area contributed by atoms with Crippen molar-refractivity contribution in [2.75, 3.05) is 0 Å². The minimum absolute atomic E-state index is 0.719. The van der Waals surface area contributed by atoms with Crippen LogP contribution in [0.15, 0.2) is 46.2 Å². The van der Waals surface area contributed by atoms with Gasteiger partial charge in [0.25, 0.3) is 0 Å². The van der Waals surface area contributed by atoms with Crippen molar-refractivity contribution >= 4 is 9.84 Å². The summed E-state index contributed by atoms with van der Waals surface area (Å²) in [6, 6.07) is 4.91. The third-order valence-corrected chi connectivity index (χ3v) is 4.20. The van der Waals surface area contributed by atoms with Crippen LogP contribution in [-0.4, -0.2) is 8.42 Å². The zero-order valence-corrected chi connectivity index (χ0v) is 10.0. The molecule has 0 aliphatic rings. The summed E-state index contributed by atoms with van der Waals surface area (Å²) in [5, 5.41) is 0. The quantitative estimate of drug-likeness (QED) is 0.797. The van der Waals surface area contributed by atoms with Crippen LogP contribution >= 0.6 is 0 Å². The first kappa shape index (κ1) is 13.5. The van der Waals surface area contributed by atoms with Crippen molar-refractivity contribution in [3.05, 3.63) is 59.7 Å². The molecule has 0 spiro atoms. The summed E-state index contributed by atoms with van der Waals surface area (Å²) < 4.78 is 76.8. The van der Waals surface area contributed by atoms with Crippen molar-refractivity contribution in [1.82, 2.24) is 0 Å². The fourth-order valence-corrected chi connectivity index (χ4v) is 2.92. The van der Waals surface area contributed by atoms with Crippen molar-refractivity contribution < 1.29 is 26.0 Å². The first-order valence-electron chi connectivity index (χ1n) is 4.99. The van der Waals surface area contributed by atoms with Gasteiger partial charge in [-0.1, -0.05) is 12.1 Å². The molecule has 0 unspecified atom stereocenters. The molecule has 0 aromatic heterocycles. The van der Waals surface area contributed by atoms with E-state index in [0.717, 1.165) is 36.4 Å². The average Bonchev–Trinajstić information content (AvgIpc) is 2.35. The van der Waals surface area contributed by atoms with Gasteiger partial charge in [0, 0.05) is 0 Å². The van der Waals surface area contributed by atoms with E-state index in [0.29, 0.717) is 0 Å². The number of hydrogen-bond acceptors (Lipinski definition) is 2. The zero-order valence-electron chi connectivity index (χ0n) is 9.20. The highest BCUT2D eigenvalue weighted by Gasteiger charge is 2.27. The van der Waals surface area contributed by atoms with E-state index in [-0.39, 0.29) is 0 Å². The molecule has 0 radical (unpaired) electrons. The smallest absolute Gasteiger partial charge is 0.212 e. The van der Waals surface area contributed by atoms with Crippen LogP contribution in [0.3, 0.4) is 0 Å². The van der Waals surface area contributed by atoms with Crippen LogP contribution in [0.2, 0.25) is 0 Å². The second-order valence-corrected chi connectivity index (χ2v) is 5.49. The van der Waals surface area contributed by atoms with E-state index in [1.54, 1.807) is 0 Å². The Morgan fingerprint density at radius 1 is 0.684 bits per heavy atom. The van der Waals surface area contributed by atoms with Crippen molar-refractivity contribution in [3.63, 3.8) is 0 Å². The number of halogens is 4. The van der Waals surface area contributed by atoms with Crippen LogP contribution in [0.5, 0.6) is 0 Å². The van der Waals surface area contributed by atoms with E-state index in [1.165, 1.54) is 0 Å². The summed E-state index contributed by atoms with van der Waals surface area (Å²) in [5.74, 6) is -6.05. The summed E-state index contributed by atoms with van der Waals surface area (Å²) in [6.07, 6.45) is 0. The molecule has 2 rings (SSSR count). The lowest BCUT2D eigenvalue weighted by molar-refractivity contribution is 0.475. The van der Waals surface area contributed by atoms with Crippen LogP contribution in [-0.2, 0) is 9.84 Å². The maximum Gasteiger partial charge on any atom is 0.212 e. The molecule has 0 bridgehead atoms. The monoisotopic (exact) mass is 290 g/mol. The van der Waals surface area contributed by atoms with Gasteiger partial charge in [-0.25, -0.2) is 26.0 Å². The van der Waals surface area contributed by atoms with Gasteiger partial charge in [-0.3, -0.25) is 0 Å². The maximum absolute atomic E-state index is 13.4. The lowest BCUT2D eigenvalue weighted by atomic mass is 10.3. The molecule has 0 heterocycles. The molecule has 0 saturated heterocycles. The van der Waals surface area contributed by atoms with Gasteiger partial charge >= 0.3 is 0 Å². The van der Waals surface area contributed by atoms with Crippen LogP contribution in [0.1, 0.15) is 0 Å². The first-order valence-corrected chi connectivity index (χ1v) is 6.47. The summed E-state index contributed by atoms with van der Waals surface area (Å²) in [4.78, 5) is -2.09. The third kappa shape index (κ3) is 2.21. The predicted molar refractivity (Wildman–Crippen MR) is 58.2 cm³/mol. The molecule has 2 nitrogen and oxygen atoms in total. The lowest BCUT2D eigenvalue weighted by Crippen LogP contribution is -2.09. The van der Waals surface area contributed by atoms with Crippen molar-refractivity contribution in [2.24, 2.45) is 0 Å². The summed E-state index contributed by atoms with van der Waals surface area (Å²) >= 11 is 0. The topological polar surface area (TPSA) is 34.1 Å². The molecule has 0 aliphatic heterocycles. The standard InChI is InChI=1S/C12H6F4O2S/c13-7-3-1-5-9(11(7)15)19(17,18)10-6-2-4-8(14)12(10)16/h1-6H. The minimum atomic E-state index is -4.68. The Kier molecular flexibility index (Phi) is 3.32. The fraction of sp³-hybridized carbons (Fsp3) is 0. The highest BCUT2D eigenvalue weighted by atomic mass is 32.2. The molecule has 7 heteroatoms. The number of benzene rings is 2. The molecule has 2 aromatic carbocycles. The Bertz CT molecular complexity index is 684. The first-order chi connectivity index (χ1) is 8.85. The Morgan fingerprint density at radius 2 is 1.05 bits per heavy atom. The molecule has 0 amide bonds. The summed E-state index contributed by atoms with van der Waals surface area (Å²) in [5.41, 5.74) is 0. The molecular formula is C12H6F4O2S. The van der Waals surface area contributed by atoms with E-state index in [1.807, 2.05) is 0 Å². The van der Waals surface area contributed by atoms with E-state index in [2.05, 4.69) is 0 Å². The molecule has 0 N–H and O–H groups in total. The maximum atomic E-state index is 13.4. The van der Waals surface area contributed by atoms with Gasteiger partial charge in [-0.05, 0) is 24.3 Å². The van der Waals surface area contributed by atoms with Gasteiger partial charge < -0.3 is 0 Å². The van der Waals surface area contributed by atoms with Crippen molar-refractivity contribution in [3.8, 4) is 0 Å².